The summed E-state index contributed by atoms with van der Waals surface area (Å²) in [7, 11) is 0. The summed E-state index contributed by atoms with van der Waals surface area (Å²) in [6.07, 6.45) is -1.74. The van der Waals surface area contributed by atoms with E-state index < -0.39 is 12.2 Å². The predicted molar refractivity (Wildman–Crippen MR) is 51.9 cm³/mol. The fraction of sp³-hybridized carbons (Fsp3) is 1.00. The molecule has 0 aliphatic rings. The van der Waals surface area contributed by atoms with Gasteiger partial charge in [-0.3, -0.25) is 0 Å². The van der Waals surface area contributed by atoms with Crippen LogP contribution in [0.4, 0.5) is 0 Å². The summed E-state index contributed by atoms with van der Waals surface area (Å²) in [4.78, 5) is 0. The number of rotatable bonds is 9. The Hall–Kier alpha value is -0.240. The zero-order valence-corrected chi connectivity index (χ0v) is 8.19. The third kappa shape index (κ3) is 7.19. The summed E-state index contributed by atoms with van der Waals surface area (Å²) >= 11 is 0. The van der Waals surface area contributed by atoms with Gasteiger partial charge in [0.1, 0.15) is 0 Å². The Labute approximate surface area is 83.6 Å². The molecular formula is C8H20N2O4. The van der Waals surface area contributed by atoms with Crippen molar-refractivity contribution in [2.75, 3.05) is 39.4 Å². The third-order valence-corrected chi connectivity index (χ3v) is 1.73. The molecule has 0 spiro atoms. The van der Waals surface area contributed by atoms with Gasteiger partial charge >= 0.3 is 0 Å². The Morgan fingerprint density at radius 1 is 0.786 bits per heavy atom. The van der Waals surface area contributed by atoms with E-state index in [0.29, 0.717) is 13.1 Å². The molecule has 0 bridgehead atoms. The first-order chi connectivity index (χ1) is 6.72. The Morgan fingerprint density at radius 2 is 1.14 bits per heavy atom. The lowest BCUT2D eigenvalue weighted by atomic mass is 10.2. The topological polar surface area (TPSA) is 105 Å². The van der Waals surface area contributed by atoms with Crippen molar-refractivity contribution in [2.45, 2.75) is 12.2 Å². The Kier molecular flexibility index (Phi) is 9.16. The lowest BCUT2D eigenvalue weighted by molar-refractivity contribution is 0.0200. The Balaban J connectivity index is 3.39. The highest BCUT2D eigenvalue weighted by molar-refractivity contribution is 4.71. The molecule has 0 heterocycles. The van der Waals surface area contributed by atoms with Crippen molar-refractivity contribution >= 4 is 0 Å². The monoisotopic (exact) mass is 208 g/mol. The molecule has 0 aliphatic heterocycles. The van der Waals surface area contributed by atoms with Gasteiger partial charge in [0.15, 0.2) is 0 Å². The minimum atomic E-state index is -0.868. The fourth-order valence-corrected chi connectivity index (χ4v) is 0.930. The number of hydrogen-bond acceptors (Lipinski definition) is 6. The highest BCUT2D eigenvalue weighted by Crippen LogP contribution is 1.90. The van der Waals surface area contributed by atoms with E-state index in [0.717, 1.165) is 0 Å². The van der Waals surface area contributed by atoms with Crippen molar-refractivity contribution in [2.24, 2.45) is 0 Å². The molecule has 0 unspecified atom stereocenters. The van der Waals surface area contributed by atoms with Crippen molar-refractivity contribution in [3.63, 3.8) is 0 Å². The average molecular weight is 208 g/mol. The lowest BCUT2D eigenvalue weighted by Crippen LogP contribution is -2.43. The normalized spacial score (nSPS) is 15.4. The van der Waals surface area contributed by atoms with E-state index >= 15 is 0 Å². The summed E-state index contributed by atoms with van der Waals surface area (Å²) < 4.78 is 0. The van der Waals surface area contributed by atoms with Crippen LogP contribution in [0, 0.1) is 0 Å². The molecule has 6 heteroatoms. The van der Waals surface area contributed by atoms with Crippen LogP contribution >= 0.6 is 0 Å². The SMILES string of the molecule is OCCNC[C@@H](O)[C@@H](O)CNCCO. The molecule has 0 rings (SSSR count). The van der Waals surface area contributed by atoms with Crippen LogP contribution in [0.1, 0.15) is 0 Å². The highest BCUT2D eigenvalue weighted by Gasteiger charge is 2.14. The Morgan fingerprint density at radius 3 is 1.43 bits per heavy atom. The largest absolute Gasteiger partial charge is 0.395 e. The molecule has 0 radical (unpaired) electrons. The maximum atomic E-state index is 9.35. The van der Waals surface area contributed by atoms with Gasteiger partial charge in [-0.15, -0.1) is 0 Å². The molecule has 14 heavy (non-hydrogen) atoms. The molecule has 0 amide bonds. The van der Waals surface area contributed by atoms with E-state index in [-0.39, 0.29) is 26.3 Å². The second kappa shape index (κ2) is 9.32. The van der Waals surface area contributed by atoms with Gasteiger partial charge in [-0.05, 0) is 0 Å². The molecule has 6 N–H and O–H groups in total. The minimum Gasteiger partial charge on any atom is -0.395 e. The summed E-state index contributed by atoms with van der Waals surface area (Å²) in [5.74, 6) is 0. The maximum absolute atomic E-state index is 9.35. The second-order valence-corrected chi connectivity index (χ2v) is 2.99. The van der Waals surface area contributed by atoms with E-state index in [1.807, 2.05) is 0 Å². The van der Waals surface area contributed by atoms with Crippen molar-refractivity contribution in [1.82, 2.24) is 10.6 Å². The van der Waals surface area contributed by atoms with Gasteiger partial charge in [-0.25, -0.2) is 0 Å². The maximum Gasteiger partial charge on any atom is 0.0935 e. The van der Waals surface area contributed by atoms with Crippen LogP contribution in [0.2, 0.25) is 0 Å². The van der Waals surface area contributed by atoms with Crippen LogP contribution in [0.25, 0.3) is 0 Å². The standard InChI is InChI=1S/C8H20N2O4/c11-3-1-9-5-7(13)8(14)6-10-2-4-12/h7-14H,1-6H2/t7-,8+. The summed E-state index contributed by atoms with van der Waals surface area (Å²) in [5, 5.41) is 41.1. The molecule has 86 valence electrons. The van der Waals surface area contributed by atoms with Crippen LogP contribution in [0.5, 0.6) is 0 Å². The van der Waals surface area contributed by atoms with Crippen molar-refractivity contribution < 1.29 is 20.4 Å². The van der Waals surface area contributed by atoms with Crippen LogP contribution in [-0.4, -0.2) is 72.0 Å². The van der Waals surface area contributed by atoms with Gasteiger partial charge < -0.3 is 31.1 Å². The first kappa shape index (κ1) is 13.8. The molecule has 0 saturated carbocycles. The number of aliphatic hydroxyl groups is 4. The molecule has 0 aromatic heterocycles. The van der Waals surface area contributed by atoms with E-state index in [2.05, 4.69) is 10.6 Å². The molecule has 0 fully saturated rings. The number of hydrogen-bond donors (Lipinski definition) is 6. The van der Waals surface area contributed by atoms with Gasteiger partial charge in [-0.2, -0.15) is 0 Å². The smallest absolute Gasteiger partial charge is 0.0935 e. The molecule has 6 nitrogen and oxygen atoms in total. The zero-order chi connectivity index (χ0) is 10.8. The van der Waals surface area contributed by atoms with Crippen molar-refractivity contribution in [3.8, 4) is 0 Å². The molecule has 2 atom stereocenters. The molecular weight excluding hydrogens is 188 g/mol. The summed E-state index contributed by atoms with van der Waals surface area (Å²) in [6.45, 7) is 1.28. The van der Waals surface area contributed by atoms with E-state index in [1.165, 1.54) is 0 Å². The lowest BCUT2D eigenvalue weighted by Gasteiger charge is -2.18. The fourth-order valence-electron chi connectivity index (χ4n) is 0.930. The van der Waals surface area contributed by atoms with Crippen LogP contribution in [0.15, 0.2) is 0 Å². The molecule has 0 aromatic rings. The zero-order valence-electron chi connectivity index (χ0n) is 8.19. The average Bonchev–Trinajstić information content (AvgIpc) is 2.18. The quantitative estimate of drug-likeness (QED) is 0.224. The number of nitrogens with one attached hydrogen (secondary N) is 2. The minimum absolute atomic E-state index is 0.00553. The van der Waals surface area contributed by atoms with Crippen molar-refractivity contribution in [3.05, 3.63) is 0 Å². The molecule has 0 aliphatic carbocycles. The Bertz CT molecular complexity index is 112. The van der Waals surface area contributed by atoms with E-state index in [1.54, 1.807) is 0 Å². The van der Waals surface area contributed by atoms with E-state index in [4.69, 9.17) is 10.2 Å². The second-order valence-electron chi connectivity index (χ2n) is 2.99. The van der Waals surface area contributed by atoms with Crippen LogP contribution in [-0.2, 0) is 0 Å². The van der Waals surface area contributed by atoms with Crippen LogP contribution in [0.3, 0.4) is 0 Å². The summed E-state index contributed by atoms with van der Waals surface area (Å²) in [6, 6.07) is 0. The van der Waals surface area contributed by atoms with E-state index in [9.17, 15) is 10.2 Å². The van der Waals surface area contributed by atoms with Crippen LogP contribution < -0.4 is 10.6 Å². The van der Waals surface area contributed by atoms with Gasteiger partial charge in [0, 0.05) is 26.2 Å². The highest BCUT2D eigenvalue weighted by atomic mass is 16.3. The molecule has 0 aromatic carbocycles. The van der Waals surface area contributed by atoms with Gasteiger partial charge in [0.25, 0.3) is 0 Å². The number of aliphatic hydroxyl groups excluding tert-OH is 4. The summed E-state index contributed by atoms with van der Waals surface area (Å²) in [5.41, 5.74) is 0. The van der Waals surface area contributed by atoms with Gasteiger partial charge in [0.2, 0.25) is 0 Å². The first-order valence-corrected chi connectivity index (χ1v) is 4.71. The first-order valence-electron chi connectivity index (χ1n) is 4.71. The van der Waals surface area contributed by atoms with Gasteiger partial charge in [0.05, 0.1) is 25.4 Å². The molecule has 0 saturated heterocycles. The van der Waals surface area contributed by atoms with Gasteiger partial charge in [-0.1, -0.05) is 0 Å². The third-order valence-electron chi connectivity index (χ3n) is 1.73. The predicted octanol–water partition coefficient (Wildman–Crippen LogP) is -3.13. The van der Waals surface area contributed by atoms with Crippen molar-refractivity contribution in [1.29, 1.82) is 0 Å².